The van der Waals surface area contributed by atoms with Crippen LogP contribution < -0.4 is 10.5 Å². The zero-order chi connectivity index (χ0) is 11.4. The van der Waals surface area contributed by atoms with Crippen molar-refractivity contribution in [1.82, 2.24) is 14.8 Å². The lowest BCUT2D eigenvalue weighted by atomic mass is 10.2. The summed E-state index contributed by atoms with van der Waals surface area (Å²) in [4.78, 5) is 4.07. The number of hydrogen-bond acceptors (Lipinski definition) is 4. The van der Waals surface area contributed by atoms with E-state index < -0.39 is 0 Å². The summed E-state index contributed by atoms with van der Waals surface area (Å²) in [6, 6.07) is 7.86. The summed E-state index contributed by atoms with van der Waals surface area (Å²) >= 11 is 0. The number of hydrogen-bond donors (Lipinski definition) is 1. The molecule has 0 radical (unpaired) electrons. The van der Waals surface area contributed by atoms with Crippen molar-refractivity contribution in [1.29, 1.82) is 0 Å². The van der Waals surface area contributed by atoms with Crippen molar-refractivity contribution in [2.75, 3.05) is 7.11 Å². The molecule has 0 aliphatic carbocycles. The molecule has 0 amide bonds. The van der Waals surface area contributed by atoms with Gasteiger partial charge in [-0.2, -0.15) is 5.10 Å². The topological polar surface area (TPSA) is 66.0 Å². The van der Waals surface area contributed by atoms with Crippen LogP contribution in [0.5, 0.6) is 5.75 Å². The normalized spacial score (nSPS) is 10.4. The molecule has 0 aliphatic heterocycles. The molecular formula is C11H14N4O. The molecule has 0 fully saturated rings. The Kier molecular flexibility index (Phi) is 3.16. The fraction of sp³-hybridized carbons (Fsp3) is 0.273. The minimum Gasteiger partial charge on any atom is -0.497 e. The first kappa shape index (κ1) is 10.6. The molecule has 2 rings (SSSR count). The lowest BCUT2D eigenvalue weighted by molar-refractivity contribution is 0.414. The van der Waals surface area contributed by atoms with E-state index >= 15 is 0 Å². The van der Waals surface area contributed by atoms with Crippen molar-refractivity contribution >= 4 is 0 Å². The van der Waals surface area contributed by atoms with Crippen LogP contribution in [0.15, 0.2) is 30.6 Å². The Labute approximate surface area is 93.9 Å². The van der Waals surface area contributed by atoms with Gasteiger partial charge in [-0.15, -0.1) is 0 Å². The van der Waals surface area contributed by atoms with Gasteiger partial charge < -0.3 is 10.5 Å². The third-order valence-electron chi connectivity index (χ3n) is 2.25. The number of rotatable bonds is 4. The second-order valence-electron chi connectivity index (χ2n) is 3.41. The third kappa shape index (κ3) is 2.38. The van der Waals surface area contributed by atoms with Gasteiger partial charge in [0.1, 0.15) is 12.1 Å². The summed E-state index contributed by atoms with van der Waals surface area (Å²) in [5.74, 6) is 1.50. The molecule has 1 aromatic carbocycles. The summed E-state index contributed by atoms with van der Waals surface area (Å²) in [6.45, 7) is 1.04. The predicted molar refractivity (Wildman–Crippen MR) is 60.0 cm³/mol. The summed E-state index contributed by atoms with van der Waals surface area (Å²) in [7, 11) is 1.65. The standard InChI is InChI=1S/C11H14N4O/c1-16-10-4-2-3-9(5-10)7-15-8-13-11(6-12)14-15/h2-5,8H,6-7,12H2,1H3. The van der Waals surface area contributed by atoms with E-state index in [0.29, 0.717) is 18.9 Å². The lowest BCUT2D eigenvalue weighted by Gasteiger charge is -2.03. The van der Waals surface area contributed by atoms with Gasteiger partial charge in [0.25, 0.3) is 0 Å². The molecule has 5 heteroatoms. The first-order valence-corrected chi connectivity index (χ1v) is 5.03. The first-order chi connectivity index (χ1) is 7.81. The van der Waals surface area contributed by atoms with Crippen molar-refractivity contribution in [2.24, 2.45) is 5.73 Å². The lowest BCUT2D eigenvalue weighted by Crippen LogP contribution is -2.03. The van der Waals surface area contributed by atoms with Crippen LogP contribution in [0, 0.1) is 0 Å². The largest absolute Gasteiger partial charge is 0.497 e. The Morgan fingerprint density at radius 1 is 1.44 bits per heavy atom. The fourth-order valence-corrected chi connectivity index (χ4v) is 1.46. The van der Waals surface area contributed by atoms with Crippen LogP contribution in [0.2, 0.25) is 0 Å². The molecule has 2 N–H and O–H groups in total. The van der Waals surface area contributed by atoms with Gasteiger partial charge in [-0.25, -0.2) is 9.67 Å². The van der Waals surface area contributed by atoms with E-state index in [1.807, 2.05) is 24.3 Å². The maximum atomic E-state index is 5.44. The van der Waals surface area contributed by atoms with Gasteiger partial charge in [0.15, 0.2) is 5.82 Å². The minimum absolute atomic E-state index is 0.366. The Bertz CT molecular complexity index is 467. The fourth-order valence-electron chi connectivity index (χ4n) is 1.46. The highest BCUT2D eigenvalue weighted by atomic mass is 16.5. The van der Waals surface area contributed by atoms with E-state index in [9.17, 15) is 0 Å². The summed E-state index contributed by atoms with van der Waals surface area (Å²) in [5, 5.41) is 4.22. The minimum atomic E-state index is 0.366. The molecule has 0 saturated carbocycles. The van der Waals surface area contributed by atoms with E-state index in [1.165, 1.54) is 0 Å². The quantitative estimate of drug-likeness (QED) is 0.824. The predicted octanol–water partition coefficient (Wildman–Crippen LogP) is 0.794. The summed E-state index contributed by atoms with van der Waals surface area (Å²) in [5.41, 5.74) is 6.56. The van der Waals surface area contributed by atoms with Crippen LogP contribution >= 0.6 is 0 Å². The van der Waals surface area contributed by atoms with E-state index in [0.717, 1.165) is 11.3 Å². The van der Waals surface area contributed by atoms with Gasteiger partial charge in [-0.1, -0.05) is 12.1 Å². The van der Waals surface area contributed by atoms with Gasteiger partial charge in [-0.05, 0) is 17.7 Å². The third-order valence-corrected chi connectivity index (χ3v) is 2.25. The van der Waals surface area contributed by atoms with Gasteiger partial charge in [0.05, 0.1) is 20.2 Å². The van der Waals surface area contributed by atoms with Crippen molar-refractivity contribution in [3.8, 4) is 5.75 Å². The Balaban J connectivity index is 2.13. The highest BCUT2D eigenvalue weighted by Gasteiger charge is 2.00. The average Bonchev–Trinajstić information content (AvgIpc) is 2.77. The second-order valence-corrected chi connectivity index (χ2v) is 3.41. The van der Waals surface area contributed by atoms with Gasteiger partial charge in [0.2, 0.25) is 0 Å². The Morgan fingerprint density at radius 2 is 2.31 bits per heavy atom. The van der Waals surface area contributed by atoms with Gasteiger partial charge >= 0.3 is 0 Å². The molecule has 2 aromatic rings. The zero-order valence-electron chi connectivity index (χ0n) is 9.13. The van der Waals surface area contributed by atoms with Crippen LogP contribution in [0.3, 0.4) is 0 Å². The Morgan fingerprint density at radius 3 is 3.00 bits per heavy atom. The van der Waals surface area contributed by atoms with Crippen molar-refractivity contribution in [2.45, 2.75) is 13.1 Å². The molecular weight excluding hydrogens is 204 g/mol. The smallest absolute Gasteiger partial charge is 0.164 e. The molecule has 1 heterocycles. The number of nitrogens with two attached hydrogens (primary N) is 1. The number of aromatic nitrogens is 3. The van der Waals surface area contributed by atoms with Crippen LogP contribution in [-0.2, 0) is 13.1 Å². The summed E-state index contributed by atoms with van der Waals surface area (Å²) < 4.78 is 6.91. The number of nitrogens with zero attached hydrogens (tertiary/aromatic N) is 3. The van der Waals surface area contributed by atoms with Crippen molar-refractivity contribution in [3.63, 3.8) is 0 Å². The van der Waals surface area contributed by atoms with Crippen LogP contribution in [-0.4, -0.2) is 21.9 Å². The monoisotopic (exact) mass is 218 g/mol. The molecule has 5 nitrogen and oxygen atoms in total. The van der Waals surface area contributed by atoms with E-state index in [2.05, 4.69) is 10.1 Å². The Hall–Kier alpha value is -1.88. The number of ether oxygens (including phenoxy) is 1. The highest BCUT2D eigenvalue weighted by molar-refractivity contribution is 5.28. The molecule has 0 bridgehead atoms. The highest BCUT2D eigenvalue weighted by Crippen LogP contribution is 2.13. The van der Waals surface area contributed by atoms with Crippen molar-refractivity contribution < 1.29 is 4.74 Å². The van der Waals surface area contributed by atoms with E-state index in [4.69, 9.17) is 10.5 Å². The van der Waals surface area contributed by atoms with Crippen LogP contribution in [0.1, 0.15) is 11.4 Å². The average molecular weight is 218 g/mol. The molecule has 84 valence electrons. The zero-order valence-corrected chi connectivity index (χ0v) is 9.13. The molecule has 0 unspecified atom stereocenters. The van der Waals surface area contributed by atoms with Crippen LogP contribution in [0.25, 0.3) is 0 Å². The van der Waals surface area contributed by atoms with E-state index in [-0.39, 0.29) is 0 Å². The van der Waals surface area contributed by atoms with E-state index in [1.54, 1.807) is 18.1 Å². The summed E-state index contributed by atoms with van der Waals surface area (Å²) in [6.07, 6.45) is 1.68. The van der Waals surface area contributed by atoms with Gasteiger partial charge in [-0.3, -0.25) is 0 Å². The maximum Gasteiger partial charge on any atom is 0.164 e. The molecule has 0 atom stereocenters. The first-order valence-electron chi connectivity index (χ1n) is 5.03. The molecule has 0 spiro atoms. The molecule has 0 saturated heterocycles. The van der Waals surface area contributed by atoms with Gasteiger partial charge in [0, 0.05) is 0 Å². The number of methoxy groups -OCH3 is 1. The number of benzene rings is 1. The maximum absolute atomic E-state index is 5.44. The van der Waals surface area contributed by atoms with Crippen molar-refractivity contribution in [3.05, 3.63) is 42.0 Å². The molecule has 0 aliphatic rings. The SMILES string of the molecule is COc1cccc(Cn2cnc(CN)n2)c1. The molecule has 1 aromatic heterocycles. The van der Waals surface area contributed by atoms with Crippen LogP contribution in [0.4, 0.5) is 0 Å². The second kappa shape index (κ2) is 4.76. The molecule has 16 heavy (non-hydrogen) atoms.